The van der Waals surface area contributed by atoms with E-state index in [-0.39, 0.29) is 18.5 Å². The first-order valence-electron chi connectivity index (χ1n) is 4.13. The quantitative estimate of drug-likeness (QED) is 0.522. The molecule has 0 aromatic heterocycles. The smallest absolute Gasteiger partial charge is 0.309 e. The number of hydrogen-bond donors (Lipinski definition) is 1. The van der Waals surface area contributed by atoms with Crippen LogP contribution in [0.25, 0.3) is 0 Å². The van der Waals surface area contributed by atoms with Crippen LogP contribution in [0.2, 0.25) is 0 Å². The van der Waals surface area contributed by atoms with Crippen LogP contribution in [0.15, 0.2) is 0 Å². The third-order valence-electron chi connectivity index (χ3n) is 2.65. The maximum Gasteiger partial charge on any atom is 0.309 e. The second-order valence-electron chi connectivity index (χ2n) is 3.50. The molecule has 2 fully saturated rings. The molecule has 1 aliphatic carbocycles. The summed E-state index contributed by atoms with van der Waals surface area (Å²) in [6, 6.07) is 0. The molecule has 1 aliphatic heterocycles. The molecule has 0 aromatic rings. The molecule has 1 saturated carbocycles. The molecule has 2 aliphatic rings. The number of ether oxygens (including phenoxy) is 1. The molecule has 0 radical (unpaired) electrons. The van der Waals surface area contributed by atoms with Gasteiger partial charge in [0.1, 0.15) is 11.7 Å². The van der Waals surface area contributed by atoms with Gasteiger partial charge in [-0.15, -0.1) is 0 Å². The van der Waals surface area contributed by atoms with Crippen molar-refractivity contribution >= 4 is 5.97 Å². The van der Waals surface area contributed by atoms with E-state index >= 15 is 0 Å². The fourth-order valence-corrected chi connectivity index (χ4v) is 2.01. The third-order valence-corrected chi connectivity index (χ3v) is 2.65. The summed E-state index contributed by atoms with van der Waals surface area (Å²) < 4.78 is 4.98. The molecule has 2 unspecified atom stereocenters. The van der Waals surface area contributed by atoms with Crippen LogP contribution in [0.5, 0.6) is 0 Å². The second kappa shape index (κ2) is 2.21. The molecule has 3 heteroatoms. The Morgan fingerprint density at radius 1 is 1.55 bits per heavy atom. The number of hydrogen-bond acceptors (Lipinski definition) is 3. The van der Waals surface area contributed by atoms with Gasteiger partial charge in [-0.25, -0.2) is 0 Å². The Balaban J connectivity index is 2.17. The first-order chi connectivity index (χ1) is 5.21. The fraction of sp³-hybridized carbons (Fsp3) is 0.875. The number of fused-ring (bicyclic) bond motifs is 1. The summed E-state index contributed by atoms with van der Waals surface area (Å²) in [6.45, 7) is 0. The van der Waals surface area contributed by atoms with E-state index in [0.29, 0.717) is 0 Å². The maximum absolute atomic E-state index is 10.8. The van der Waals surface area contributed by atoms with Crippen molar-refractivity contribution < 1.29 is 14.6 Å². The van der Waals surface area contributed by atoms with Gasteiger partial charge in [0, 0.05) is 0 Å². The van der Waals surface area contributed by atoms with Crippen LogP contribution >= 0.6 is 0 Å². The Morgan fingerprint density at radius 2 is 2.36 bits per heavy atom. The Hall–Kier alpha value is -0.570. The molecule has 1 saturated heterocycles. The molecule has 2 atom stereocenters. The van der Waals surface area contributed by atoms with Crippen LogP contribution in [-0.2, 0) is 9.53 Å². The van der Waals surface area contributed by atoms with E-state index in [4.69, 9.17) is 4.74 Å². The Bertz CT molecular complexity index is 190. The van der Waals surface area contributed by atoms with E-state index in [0.717, 1.165) is 25.7 Å². The summed E-state index contributed by atoms with van der Waals surface area (Å²) in [5.41, 5.74) is -0.810. The standard InChI is InChI=1S/C8H12O3/c9-7-5-8(10)4-2-1-3-6(8)11-7/h6,10H,1-5H2. The molecule has 1 heterocycles. The minimum absolute atomic E-state index is 0.205. The zero-order valence-corrected chi connectivity index (χ0v) is 6.38. The normalized spacial score (nSPS) is 43.4. The monoisotopic (exact) mass is 156 g/mol. The zero-order valence-electron chi connectivity index (χ0n) is 6.38. The number of carbonyl (C=O) groups is 1. The third kappa shape index (κ3) is 1.03. The van der Waals surface area contributed by atoms with Gasteiger partial charge in [0.2, 0.25) is 0 Å². The average molecular weight is 156 g/mol. The molecule has 0 amide bonds. The SMILES string of the molecule is O=C1CC2(O)CCCCC2O1. The van der Waals surface area contributed by atoms with E-state index in [9.17, 15) is 9.90 Å². The fourth-order valence-electron chi connectivity index (χ4n) is 2.01. The molecule has 1 N–H and O–H groups in total. The van der Waals surface area contributed by atoms with E-state index in [1.165, 1.54) is 0 Å². The summed E-state index contributed by atoms with van der Waals surface area (Å²) in [5.74, 6) is -0.237. The van der Waals surface area contributed by atoms with E-state index in [1.807, 2.05) is 0 Å². The summed E-state index contributed by atoms with van der Waals surface area (Å²) in [5, 5.41) is 9.84. The molecular weight excluding hydrogens is 144 g/mol. The van der Waals surface area contributed by atoms with Gasteiger partial charge in [0.05, 0.1) is 6.42 Å². The summed E-state index contributed by atoms with van der Waals surface area (Å²) in [6.07, 6.45) is 3.65. The zero-order chi connectivity index (χ0) is 7.90. The van der Waals surface area contributed by atoms with Crippen molar-refractivity contribution in [3.05, 3.63) is 0 Å². The lowest BCUT2D eigenvalue weighted by Gasteiger charge is -2.31. The highest BCUT2D eigenvalue weighted by atomic mass is 16.6. The maximum atomic E-state index is 10.8. The largest absolute Gasteiger partial charge is 0.459 e. The van der Waals surface area contributed by atoms with Crippen LogP contribution < -0.4 is 0 Å². The lowest BCUT2D eigenvalue weighted by molar-refractivity contribution is -0.143. The lowest BCUT2D eigenvalue weighted by Crippen LogP contribution is -2.40. The van der Waals surface area contributed by atoms with Crippen molar-refractivity contribution in [1.29, 1.82) is 0 Å². The van der Waals surface area contributed by atoms with E-state index < -0.39 is 5.60 Å². The van der Waals surface area contributed by atoms with Gasteiger partial charge >= 0.3 is 5.97 Å². The molecule has 0 aromatic carbocycles. The number of rotatable bonds is 0. The number of carbonyl (C=O) groups excluding carboxylic acids is 1. The van der Waals surface area contributed by atoms with Crippen molar-refractivity contribution in [1.82, 2.24) is 0 Å². The van der Waals surface area contributed by atoms with Gasteiger partial charge in [-0.2, -0.15) is 0 Å². The average Bonchev–Trinajstić information content (AvgIpc) is 2.22. The highest BCUT2D eigenvalue weighted by Crippen LogP contribution is 2.38. The number of aliphatic hydroxyl groups is 1. The Labute approximate surface area is 65.4 Å². The van der Waals surface area contributed by atoms with Crippen LogP contribution in [0.3, 0.4) is 0 Å². The molecule has 2 rings (SSSR count). The van der Waals surface area contributed by atoms with Crippen LogP contribution in [0, 0.1) is 0 Å². The molecule has 0 bridgehead atoms. The van der Waals surface area contributed by atoms with Gasteiger partial charge in [-0.3, -0.25) is 4.79 Å². The van der Waals surface area contributed by atoms with E-state index in [1.54, 1.807) is 0 Å². The van der Waals surface area contributed by atoms with Crippen molar-refractivity contribution in [3.8, 4) is 0 Å². The van der Waals surface area contributed by atoms with Crippen molar-refractivity contribution in [2.24, 2.45) is 0 Å². The predicted molar refractivity (Wildman–Crippen MR) is 37.9 cm³/mol. The van der Waals surface area contributed by atoms with Crippen LogP contribution in [0.1, 0.15) is 32.1 Å². The van der Waals surface area contributed by atoms with Gasteiger partial charge in [0.25, 0.3) is 0 Å². The number of esters is 1. The molecule has 11 heavy (non-hydrogen) atoms. The molecule has 62 valence electrons. The highest BCUT2D eigenvalue weighted by molar-refractivity contribution is 5.73. The lowest BCUT2D eigenvalue weighted by atomic mass is 9.82. The summed E-state index contributed by atoms with van der Waals surface area (Å²) in [4.78, 5) is 10.8. The van der Waals surface area contributed by atoms with Crippen molar-refractivity contribution in [3.63, 3.8) is 0 Å². The molecular formula is C8H12O3. The van der Waals surface area contributed by atoms with Gasteiger partial charge in [-0.1, -0.05) is 6.42 Å². The van der Waals surface area contributed by atoms with Gasteiger partial charge in [0.15, 0.2) is 0 Å². The predicted octanol–water partition coefficient (Wildman–Crippen LogP) is 0.607. The van der Waals surface area contributed by atoms with E-state index in [2.05, 4.69) is 0 Å². The molecule has 0 spiro atoms. The minimum atomic E-state index is -0.810. The van der Waals surface area contributed by atoms with Crippen LogP contribution in [0.4, 0.5) is 0 Å². The summed E-state index contributed by atoms with van der Waals surface area (Å²) >= 11 is 0. The van der Waals surface area contributed by atoms with Gasteiger partial charge in [-0.05, 0) is 19.3 Å². The molecule has 3 nitrogen and oxygen atoms in total. The second-order valence-corrected chi connectivity index (χ2v) is 3.50. The van der Waals surface area contributed by atoms with Gasteiger partial charge < -0.3 is 9.84 Å². The van der Waals surface area contributed by atoms with Crippen molar-refractivity contribution in [2.75, 3.05) is 0 Å². The van der Waals surface area contributed by atoms with Crippen molar-refractivity contribution in [2.45, 2.75) is 43.8 Å². The first-order valence-corrected chi connectivity index (χ1v) is 4.13. The topological polar surface area (TPSA) is 46.5 Å². The minimum Gasteiger partial charge on any atom is -0.459 e. The summed E-state index contributed by atoms with van der Waals surface area (Å²) in [7, 11) is 0. The highest BCUT2D eigenvalue weighted by Gasteiger charge is 2.48. The Morgan fingerprint density at radius 3 is 3.09 bits per heavy atom. The van der Waals surface area contributed by atoms with Crippen LogP contribution in [-0.4, -0.2) is 22.8 Å². The first kappa shape index (κ1) is 7.10. The Kier molecular flexibility index (Phi) is 1.42.